The second-order valence-corrected chi connectivity index (χ2v) is 6.19. The normalized spacial score (nSPS) is 22.2. The zero-order valence-corrected chi connectivity index (χ0v) is 13.7. The molecule has 2 aromatic heterocycles. The van der Waals surface area contributed by atoms with E-state index in [0.717, 1.165) is 13.0 Å². The number of nitrogens with zero attached hydrogens (tertiary/aromatic N) is 6. The van der Waals surface area contributed by atoms with Gasteiger partial charge >= 0.3 is 0 Å². The molecule has 1 N–H and O–H groups in total. The van der Waals surface area contributed by atoms with Crippen LogP contribution < -0.4 is 5.32 Å². The summed E-state index contributed by atoms with van der Waals surface area (Å²) in [7, 11) is 1.67. The molecule has 25 heavy (non-hydrogen) atoms. The highest BCUT2D eigenvalue weighted by molar-refractivity contribution is 5.96. The Bertz CT molecular complexity index is 856. The van der Waals surface area contributed by atoms with E-state index in [9.17, 15) is 4.79 Å². The number of methoxy groups -OCH3 is 1. The zero-order chi connectivity index (χ0) is 17.4. The van der Waals surface area contributed by atoms with Gasteiger partial charge in [-0.2, -0.15) is 10.4 Å². The van der Waals surface area contributed by atoms with Crippen molar-refractivity contribution in [2.75, 3.05) is 20.3 Å². The number of fused-ring (bicyclic) bond motifs is 1. The molecule has 0 aromatic carbocycles. The molecule has 2 aromatic rings. The third kappa shape index (κ3) is 2.75. The van der Waals surface area contributed by atoms with Gasteiger partial charge in [-0.15, -0.1) is 0 Å². The van der Waals surface area contributed by atoms with Gasteiger partial charge in [-0.25, -0.2) is 9.67 Å². The predicted molar refractivity (Wildman–Crippen MR) is 85.8 cm³/mol. The number of aromatic nitrogens is 4. The van der Waals surface area contributed by atoms with Crippen molar-refractivity contribution >= 4 is 5.91 Å². The van der Waals surface area contributed by atoms with Crippen molar-refractivity contribution in [3.63, 3.8) is 0 Å². The maximum atomic E-state index is 12.8. The van der Waals surface area contributed by atoms with E-state index in [1.807, 2.05) is 11.0 Å². The number of nitriles is 1. The third-order valence-corrected chi connectivity index (χ3v) is 4.57. The Labute approximate surface area is 144 Å². The molecular formula is C16H17N7O2. The Hall–Kier alpha value is -2.83. The van der Waals surface area contributed by atoms with Crippen molar-refractivity contribution in [3.8, 4) is 11.9 Å². The second-order valence-electron chi connectivity index (χ2n) is 6.19. The number of rotatable bonds is 4. The summed E-state index contributed by atoms with van der Waals surface area (Å²) in [5.41, 5.74) is 1.47. The molecule has 1 amide bonds. The van der Waals surface area contributed by atoms with Crippen LogP contribution in [0.25, 0.3) is 5.82 Å². The molecule has 0 saturated carbocycles. The lowest BCUT2D eigenvalue weighted by molar-refractivity contribution is 0.0706. The van der Waals surface area contributed by atoms with Crippen LogP contribution in [0.15, 0.2) is 18.6 Å². The lowest BCUT2D eigenvalue weighted by Gasteiger charge is -2.22. The van der Waals surface area contributed by atoms with Crippen LogP contribution in [0.3, 0.4) is 0 Å². The molecule has 1 fully saturated rings. The quantitative estimate of drug-likeness (QED) is 0.826. The number of hydrogen-bond donors (Lipinski definition) is 1. The number of ether oxygens (including phenoxy) is 1. The minimum Gasteiger partial charge on any atom is -0.383 e. The average molecular weight is 339 g/mol. The van der Waals surface area contributed by atoms with Crippen LogP contribution in [0.5, 0.6) is 0 Å². The van der Waals surface area contributed by atoms with E-state index in [4.69, 9.17) is 10.00 Å². The summed E-state index contributed by atoms with van der Waals surface area (Å²) in [6.45, 7) is 1.84. The number of amides is 1. The van der Waals surface area contributed by atoms with E-state index < -0.39 is 0 Å². The SMILES string of the molecule is COC[C@@H]1C[C@@H](N2Cc3ncc(-n4cc(C#N)cn4)nc3C2=O)CN1. The first-order chi connectivity index (χ1) is 12.2. The summed E-state index contributed by atoms with van der Waals surface area (Å²) in [5, 5.41) is 16.3. The topological polar surface area (TPSA) is 109 Å². The van der Waals surface area contributed by atoms with Gasteiger partial charge < -0.3 is 15.0 Å². The Morgan fingerprint density at radius 2 is 2.36 bits per heavy atom. The van der Waals surface area contributed by atoms with E-state index >= 15 is 0 Å². The lowest BCUT2D eigenvalue weighted by Crippen LogP contribution is -2.37. The van der Waals surface area contributed by atoms with Crippen LogP contribution in [0.1, 0.15) is 28.2 Å². The van der Waals surface area contributed by atoms with Gasteiger partial charge in [-0.1, -0.05) is 0 Å². The van der Waals surface area contributed by atoms with Crippen molar-refractivity contribution in [2.24, 2.45) is 0 Å². The van der Waals surface area contributed by atoms with Crippen molar-refractivity contribution in [3.05, 3.63) is 35.5 Å². The van der Waals surface area contributed by atoms with E-state index in [1.54, 1.807) is 19.5 Å². The monoisotopic (exact) mass is 339 g/mol. The third-order valence-electron chi connectivity index (χ3n) is 4.57. The summed E-state index contributed by atoms with van der Waals surface area (Å²) in [6, 6.07) is 2.39. The number of nitrogens with one attached hydrogen (secondary N) is 1. The molecule has 4 rings (SSSR count). The van der Waals surface area contributed by atoms with Gasteiger partial charge in [0.05, 0.1) is 43.0 Å². The highest BCUT2D eigenvalue weighted by Gasteiger charge is 2.38. The molecule has 1 saturated heterocycles. The van der Waals surface area contributed by atoms with Crippen LogP contribution in [0.2, 0.25) is 0 Å². The Balaban J connectivity index is 1.55. The molecule has 128 valence electrons. The van der Waals surface area contributed by atoms with E-state index in [2.05, 4.69) is 20.4 Å². The van der Waals surface area contributed by atoms with Gasteiger partial charge in [0, 0.05) is 25.7 Å². The molecule has 9 heteroatoms. The first kappa shape index (κ1) is 15.7. The lowest BCUT2D eigenvalue weighted by atomic mass is 10.1. The number of carbonyl (C=O) groups excluding carboxylic acids is 1. The fraction of sp³-hybridized carbons (Fsp3) is 0.438. The maximum absolute atomic E-state index is 12.8. The average Bonchev–Trinajstić information content (AvgIpc) is 3.34. The first-order valence-electron chi connectivity index (χ1n) is 8.04. The molecular weight excluding hydrogens is 322 g/mol. The Morgan fingerprint density at radius 1 is 1.48 bits per heavy atom. The standard InChI is InChI=1S/C16H17N7O2/c1-25-9-11-2-12(5-18-11)22-8-13-15(16(22)24)21-14(6-19-13)23-7-10(3-17)4-20-23/h4,6-7,11-12,18H,2,5,8-9H2,1H3/t11-,12+/m0/s1. The predicted octanol–water partition coefficient (Wildman–Crippen LogP) is -0.133. The minimum absolute atomic E-state index is 0.109. The van der Waals surface area contributed by atoms with Gasteiger partial charge in [0.15, 0.2) is 11.5 Å². The van der Waals surface area contributed by atoms with Crippen molar-refractivity contribution in [1.82, 2.24) is 30.0 Å². The molecule has 0 aliphatic carbocycles. The Morgan fingerprint density at radius 3 is 3.12 bits per heavy atom. The number of hydrogen-bond acceptors (Lipinski definition) is 7. The molecule has 0 unspecified atom stereocenters. The fourth-order valence-corrected chi connectivity index (χ4v) is 3.34. The van der Waals surface area contributed by atoms with E-state index in [0.29, 0.717) is 35.9 Å². The zero-order valence-electron chi connectivity index (χ0n) is 13.7. The van der Waals surface area contributed by atoms with Crippen molar-refractivity contribution < 1.29 is 9.53 Å². The summed E-state index contributed by atoms with van der Waals surface area (Å²) >= 11 is 0. The smallest absolute Gasteiger partial charge is 0.275 e. The van der Waals surface area contributed by atoms with E-state index in [-0.39, 0.29) is 18.0 Å². The van der Waals surface area contributed by atoms with Crippen molar-refractivity contribution in [1.29, 1.82) is 5.26 Å². The molecule has 0 bridgehead atoms. The highest BCUT2D eigenvalue weighted by Crippen LogP contribution is 2.26. The minimum atomic E-state index is -0.109. The molecule has 2 aliphatic rings. The van der Waals surface area contributed by atoms with Crippen LogP contribution in [-0.2, 0) is 11.3 Å². The summed E-state index contributed by atoms with van der Waals surface area (Å²) in [5.74, 6) is 0.319. The van der Waals surface area contributed by atoms with Crippen LogP contribution in [-0.4, -0.2) is 62.9 Å². The largest absolute Gasteiger partial charge is 0.383 e. The summed E-state index contributed by atoms with van der Waals surface area (Å²) in [6.07, 6.45) is 5.43. The molecule has 9 nitrogen and oxygen atoms in total. The molecule has 4 heterocycles. The molecule has 0 spiro atoms. The van der Waals surface area contributed by atoms with Crippen LogP contribution >= 0.6 is 0 Å². The van der Waals surface area contributed by atoms with Crippen LogP contribution in [0, 0.1) is 11.3 Å². The number of carbonyl (C=O) groups is 1. The summed E-state index contributed by atoms with van der Waals surface area (Å²) in [4.78, 5) is 23.4. The fourth-order valence-electron chi connectivity index (χ4n) is 3.34. The Kier molecular flexibility index (Phi) is 3.91. The van der Waals surface area contributed by atoms with Gasteiger partial charge in [0.1, 0.15) is 6.07 Å². The summed E-state index contributed by atoms with van der Waals surface area (Å²) < 4.78 is 6.63. The van der Waals surface area contributed by atoms with Gasteiger partial charge in [0.2, 0.25) is 0 Å². The highest BCUT2D eigenvalue weighted by atomic mass is 16.5. The second kappa shape index (κ2) is 6.23. The molecule has 0 radical (unpaired) electrons. The van der Waals surface area contributed by atoms with Crippen molar-refractivity contribution in [2.45, 2.75) is 25.0 Å². The molecule has 2 aliphatic heterocycles. The maximum Gasteiger partial charge on any atom is 0.275 e. The molecule has 2 atom stereocenters. The van der Waals surface area contributed by atoms with Crippen LogP contribution in [0.4, 0.5) is 0 Å². The first-order valence-corrected chi connectivity index (χ1v) is 8.04. The van der Waals surface area contributed by atoms with Gasteiger partial charge in [-0.05, 0) is 6.42 Å². The van der Waals surface area contributed by atoms with E-state index in [1.165, 1.54) is 10.9 Å². The van der Waals surface area contributed by atoms with Gasteiger partial charge in [-0.3, -0.25) is 9.78 Å². The van der Waals surface area contributed by atoms with Gasteiger partial charge in [0.25, 0.3) is 5.91 Å².